The highest BCUT2D eigenvalue weighted by Gasteiger charge is 2.24. The lowest BCUT2D eigenvalue weighted by molar-refractivity contribution is 0.111. The van der Waals surface area contributed by atoms with Crippen LogP contribution in [0.15, 0.2) is 11.4 Å². The zero-order chi connectivity index (χ0) is 13.0. The minimum absolute atomic E-state index is 0.0259. The van der Waals surface area contributed by atoms with Gasteiger partial charge in [0.05, 0.1) is 17.7 Å². The van der Waals surface area contributed by atoms with Crippen LogP contribution in [-0.2, 0) is 0 Å². The van der Waals surface area contributed by atoms with Crippen molar-refractivity contribution >= 4 is 23.9 Å². The number of aldehydes is 1. The average molecular weight is 267 g/mol. The quantitative estimate of drug-likeness (QED) is 0.491. The molecule has 0 radical (unpaired) electrons. The van der Waals surface area contributed by atoms with Gasteiger partial charge in [-0.05, 0) is 19.1 Å². The van der Waals surface area contributed by atoms with E-state index >= 15 is 0 Å². The third-order valence-electron chi connectivity index (χ3n) is 3.16. The van der Waals surface area contributed by atoms with E-state index in [1.807, 2.05) is 6.26 Å². The Morgan fingerprint density at radius 2 is 2.28 bits per heavy atom. The van der Waals surface area contributed by atoms with Crippen molar-refractivity contribution in [2.45, 2.75) is 43.0 Å². The molecule has 5 nitrogen and oxygen atoms in total. The number of carbonyl (C=O) groups is 1. The van der Waals surface area contributed by atoms with Crippen molar-refractivity contribution in [2.75, 3.05) is 11.6 Å². The van der Waals surface area contributed by atoms with Gasteiger partial charge in [-0.25, -0.2) is 9.97 Å². The van der Waals surface area contributed by atoms with Crippen LogP contribution in [0.1, 0.15) is 36.0 Å². The summed E-state index contributed by atoms with van der Waals surface area (Å²) in [5, 5.41) is 13.7. The lowest BCUT2D eigenvalue weighted by atomic mass is 9.92. The van der Waals surface area contributed by atoms with E-state index in [-0.39, 0.29) is 12.1 Å². The van der Waals surface area contributed by atoms with E-state index in [9.17, 15) is 9.90 Å². The van der Waals surface area contributed by atoms with Crippen molar-refractivity contribution in [3.8, 4) is 0 Å². The predicted octanol–water partition coefficient (Wildman–Crippen LogP) is 1.73. The maximum atomic E-state index is 11.0. The Morgan fingerprint density at radius 3 is 2.94 bits per heavy atom. The Balaban J connectivity index is 2.18. The number of thioether (sulfide) groups is 1. The number of nitrogens with one attached hydrogen (secondary N) is 1. The van der Waals surface area contributed by atoms with Crippen molar-refractivity contribution in [1.29, 1.82) is 0 Å². The van der Waals surface area contributed by atoms with E-state index in [2.05, 4.69) is 15.3 Å². The highest BCUT2D eigenvalue weighted by atomic mass is 32.2. The van der Waals surface area contributed by atoms with Gasteiger partial charge in [0.2, 0.25) is 0 Å². The summed E-state index contributed by atoms with van der Waals surface area (Å²) in [6.45, 7) is 0. The number of aliphatic hydroxyl groups excluding tert-OH is 1. The van der Waals surface area contributed by atoms with Crippen LogP contribution in [0.3, 0.4) is 0 Å². The van der Waals surface area contributed by atoms with Crippen molar-refractivity contribution in [2.24, 2.45) is 0 Å². The lowest BCUT2D eigenvalue weighted by Crippen LogP contribution is -2.36. The zero-order valence-corrected chi connectivity index (χ0v) is 11.1. The minimum atomic E-state index is -0.369. The first-order valence-electron chi connectivity index (χ1n) is 6.05. The Hall–Kier alpha value is -1.14. The van der Waals surface area contributed by atoms with Crippen LogP contribution in [0, 0.1) is 0 Å². The summed E-state index contributed by atoms with van der Waals surface area (Å²) in [5.74, 6) is 0.523. The predicted molar refractivity (Wildman–Crippen MR) is 71.1 cm³/mol. The van der Waals surface area contributed by atoms with Gasteiger partial charge in [0, 0.05) is 6.20 Å². The summed E-state index contributed by atoms with van der Waals surface area (Å²) >= 11 is 1.42. The van der Waals surface area contributed by atoms with Crippen LogP contribution in [0.4, 0.5) is 5.82 Å². The van der Waals surface area contributed by atoms with E-state index in [1.165, 1.54) is 18.0 Å². The number of rotatable bonds is 4. The monoisotopic (exact) mass is 267 g/mol. The third-order valence-corrected chi connectivity index (χ3v) is 3.72. The van der Waals surface area contributed by atoms with Gasteiger partial charge in [0.25, 0.3) is 0 Å². The third kappa shape index (κ3) is 3.00. The average Bonchev–Trinajstić information content (AvgIpc) is 2.41. The van der Waals surface area contributed by atoms with Gasteiger partial charge in [-0.2, -0.15) is 0 Å². The fourth-order valence-electron chi connectivity index (χ4n) is 2.13. The topological polar surface area (TPSA) is 75.1 Å². The fourth-order valence-corrected chi connectivity index (χ4v) is 2.47. The van der Waals surface area contributed by atoms with Gasteiger partial charge >= 0.3 is 0 Å². The first kappa shape index (κ1) is 13.3. The maximum absolute atomic E-state index is 11.0. The molecule has 0 spiro atoms. The molecule has 1 aromatic heterocycles. The van der Waals surface area contributed by atoms with Crippen molar-refractivity contribution < 1.29 is 9.90 Å². The SMILES string of the molecule is CSc1ncc(C=O)c(N[C@@H]2CCCC[C@H]2O)n1. The van der Waals surface area contributed by atoms with E-state index in [0.29, 0.717) is 16.5 Å². The van der Waals surface area contributed by atoms with Crippen LogP contribution >= 0.6 is 11.8 Å². The smallest absolute Gasteiger partial charge is 0.189 e. The summed E-state index contributed by atoms with van der Waals surface area (Å²) in [5.41, 5.74) is 0.436. The molecule has 2 N–H and O–H groups in total. The molecular weight excluding hydrogens is 250 g/mol. The Labute approximate surface area is 110 Å². The van der Waals surface area contributed by atoms with Gasteiger partial charge in [-0.15, -0.1) is 0 Å². The molecule has 0 saturated heterocycles. The summed E-state index contributed by atoms with van der Waals surface area (Å²) in [4.78, 5) is 19.3. The molecule has 2 rings (SSSR count). The number of aromatic nitrogens is 2. The second-order valence-electron chi connectivity index (χ2n) is 4.38. The molecule has 1 fully saturated rings. The second-order valence-corrected chi connectivity index (χ2v) is 5.15. The van der Waals surface area contributed by atoms with Crippen molar-refractivity contribution in [1.82, 2.24) is 9.97 Å². The first-order valence-corrected chi connectivity index (χ1v) is 7.28. The van der Waals surface area contributed by atoms with Crippen molar-refractivity contribution in [3.05, 3.63) is 11.8 Å². The molecular formula is C12H17N3O2S. The van der Waals surface area contributed by atoms with E-state index in [4.69, 9.17) is 0 Å². The minimum Gasteiger partial charge on any atom is -0.391 e. The van der Waals surface area contributed by atoms with Crippen LogP contribution in [-0.4, -0.2) is 39.8 Å². The zero-order valence-electron chi connectivity index (χ0n) is 10.3. The molecule has 0 amide bonds. The Kier molecular flexibility index (Phi) is 4.54. The maximum Gasteiger partial charge on any atom is 0.189 e. The van der Waals surface area contributed by atoms with Crippen LogP contribution in [0.5, 0.6) is 0 Å². The van der Waals surface area contributed by atoms with Crippen LogP contribution in [0.2, 0.25) is 0 Å². The summed E-state index contributed by atoms with van der Waals surface area (Å²) in [6.07, 6.45) is 7.61. The van der Waals surface area contributed by atoms with E-state index in [0.717, 1.165) is 32.0 Å². The molecule has 1 aromatic rings. The standard InChI is InChI=1S/C12H17N3O2S/c1-18-12-13-6-8(7-16)11(15-12)14-9-4-2-3-5-10(9)17/h6-7,9-10,17H,2-5H2,1H3,(H,13,14,15)/t9-,10-/m1/s1. The van der Waals surface area contributed by atoms with Gasteiger partial charge in [0.1, 0.15) is 5.82 Å². The molecule has 1 heterocycles. The van der Waals surface area contributed by atoms with Gasteiger partial charge < -0.3 is 10.4 Å². The number of anilines is 1. The molecule has 2 atom stereocenters. The van der Waals surface area contributed by atoms with Gasteiger partial charge in [-0.1, -0.05) is 24.6 Å². The first-order chi connectivity index (χ1) is 8.74. The molecule has 6 heteroatoms. The number of hydrogen-bond acceptors (Lipinski definition) is 6. The number of aliphatic hydroxyl groups is 1. The fraction of sp³-hybridized carbons (Fsp3) is 0.583. The molecule has 0 aromatic carbocycles. The highest BCUT2D eigenvalue weighted by molar-refractivity contribution is 7.98. The van der Waals surface area contributed by atoms with E-state index in [1.54, 1.807) is 0 Å². The molecule has 18 heavy (non-hydrogen) atoms. The molecule has 0 bridgehead atoms. The Morgan fingerprint density at radius 1 is 1.50 bits per heavy atom. The number of hydrogen-bond donors (Lipinski definition) is 2. The number of nitrogens with zero attached hydrogens (tertiary/aromatic N) is 2. The highest BCUT2D eigenvalue weighted by Crippen LogP contribution is 2.23. The molecule has 1 aliphatic rings. The lowest BCUT2D eigenvalue weighted by Gasteiger charge is -2.29. The summed E-state index contributed by atoms with van der Waals surface area (Å²) < 4.78 is 0. The van der Waals surface area contributed by atoms with Crippen LogP contribution in [0.25, 0.3) is 0 Å². The van der Waals surface area contributed by atoms with Crippen LogP contribution < -0.4 is 5.32 Å². The Bertz CT molecular complexity index is 428. The molecule has 0 aliphatic heterocycles. The van der Waals surface area contributed by atoms with Gasteiger partial charge in [-0.3, -0.25) is 4.79 Å². The second kappa shape index (κ2) is 6.15. The summed E-state index contributed by atoms with van der Waals surface area (Å²) in [6, 6.07) is -0.0259. The summed E-state index contributed by atoms with van der Waals surface area (Å²) in [7, 11) is 0. The molecule has 0 unspecified atom stereocenters. The molecule has 1 saturated carbocycles. The number of carbonyl (C=O) groups excluding carboxylic acids is 1. The van der Waals surface area contributed by atoms with Crippen molar-refractivity contribution in [3.63, 3.8) is 0 Å². The van der Waals surface area contributed by atoms with Gasteiger partial charge in [0.15, 0.2) is 11.4 Å². The largest absolute Gasteiger partial charge is 0.391 e. The molecule has 98 valence electrons. The van der Waals surface area contributed by atoms with E-state index < -0.39 is 0 Å². The molecule has 1 aliphatic carbocycles. The normalized spacial score (nSPS) is 23.7.